The molecule has 1 heterocycles. The summed E-state index contributed by atoms with van der Waals surface area (Å²) in [5.41, 5.74) is 1.29. The molecule has 0 fully saturated rings. The Hall–Kier alpha value is -2.43. The van der Waals surface area contributed by atoms with Gasteiger partial charge in [0.2, 0.25) is 11.1 Å². The summed E-state index contributed by atoms with van der Waals surface area (Å²) in [5, 5.41) is 13.0. The predicted octanol–water partition coefficient (Wildman–Crippen LogP) is 2.36. The normalized spacial score (nSPS) is 10.8. The van der Waals surface area contributed by atoms with Crippen molar-refractivity contribution in [2.24, 2.45) is 0 Å². The average Bonchev–Trinajstić information content (AvgIpc) is 2.39. The van der Waals surface area contributed by atoms with E-state index in [0.717, 1.165) is 11.3 Å². The van der Waals surface area contributed by atoms with Gasteiger partial charge in [0.1, 0.15) is 0 Å². The zero-order valence-corrected chi connectivity index (χ0v) is 11.6. The van der Waals surface area contributed by atoms with Gasteiger partial charge in [-0.2, -0.15) is 5.10 Å². The molecule has 0 aliphatic carbocycles. The quantitative estimate of drug-likeness (QED) is 0.931. The van der Waals surface area contributed by atoms with Crippen molar-refractivity contribution in [3.8, 4) is 5.69 Å². The van der Waals surface area contributed by atoms with Gasteiger partial charge >= 0.3 is 5.97 Å². The zero-order chi connectivity index (χ0) is 14.9. The van der Waals surface area contributed by atoms with Crippen molar-refractivity contribution in [3.05, 3.63) is 57.5 Å². The van der Waals surface area contributed by atoms with Crippen LogP contribution in [-0.2, 0) is 0 Å². The lowest BCUT2D eigenvalue weighted by molar-refractivity contribution is 0.0686. The van der Waals surface area contributed by atoms with Crippen LogP contribution in [0.15, 0.2) is 35.3 Å². The minimum Gasteiger partial charge on any atom is -0.476 e. The number of carboxylic acids is 1. The van der Waals surface area contributed by atoms with E-state index in [9.17, 15) is 9.59 Å². The highest BCUT2D eigenvalue weighted by atomic mass is 16.4. The van der Waals surface area contributed by atoms with Crippen LogP contribution in [-0.4, -0.2) is 20.9 Å². The molecule has 2 rings (SSSR count). The molecule has 5 heteroatoms. The number of nitrogens with zero attached hydrogens (tertiary/aromatic N) is 2. The molecule has 0 unspecified atom stereocenters. The Morgan fingerprint density at radius 2 is 1.85 bits per heavy atom. The molecule has 0 saturated heterocycles. The highest BCUT2D eigenvalue weighted by Gasteiger charge is 2.18. The fraction of sp³-hybridized carbons (Fsp3) is 0.267. The smallest absolute Gasteiger partial charge is 0.360 e. The number of aromatic carboxylic acids is 1. The Labute approximate surface area is 116 Å². The summed E-state index contributed by atoms with van der Waals surface area (Å²) < 4.78 is 1.44. The lowest BCUT2D eigenvalue weighted by atomic mass is 10.0. The number of carboxylic acid groups (broad SMARTS) is 1. The number of rotatable bonds is 3. The maximum absolute atomic E-state index is 12.0. The van der Waals surface area contributed by atoms with Gasteiger partial charge in [-0.3, -0.25) is 4.79 Å². The van der Waals surface area contributed by atoms with E-state index in [4.69, 9.17) is 5.11 Å². The van der Waals surface area contributed by atoms with Crippen LogP contribution in [0, 0.1) is 6.92 Å². The molecular weight excluding hydrogens is 256 g/mol. The molecule has 1 aromatic carbocycles. The summed E-state index contributed by atoms with van der Waals surface area (Å²) in [6.45, 7) is 5.66. The molecule has 1 aromatic heterocycles. The van der Waals surface area contributed by atoms with Gasteiger partial charge in [-0.15, -0.1) is 0 Å². The highest BCUT2D eigenvalue weighted by Crippen LogP contribution is 2.13. The molecule has 2 aromatic rings. The molecule has 0 bridgehead atoms. The maximum Gasteiger partial charge on any atom is 0.360 e. The van der Waals surface area contributed by atoms with Crippen molar-refractivity contribution in [2.75, 3.05) is 0 Å². The summed E-state index contributed by atoms with van der Waals surface area (Å²) in [7, 11) is 0. The molecule has 1 N–H and O–H groups in total. The van der Waals surface area contributed by atoms with Crippen molar-refractivity contribution >= 4 is 5.97 Å². The van der Waals surface area contributed by atoms with Crippen LogP contribution < -0.4 is 5.43 Å². The van der Waals surface area contributed by atoms with Crippen molar-refractivity contribution in [2.45, 2.75) is 26.7 Å². The highest BCUT2D eigenvalue weighted by molar-refractivity contribution is 5.85. The molecule has 5 nitrogen and oxygen atoms in total. The van der Waals surface area contributed by atoms with E-state index >= 15 is 0 Å². The Bertz CT molecular complexity index is 700. The number of aromatic nitrogens is 2. The van der Waals surface area contributed by atoms with E-state index < -0.39 is 17.1 Å². The van der Waals surface area contributed by atoms with Gasteiger partial charge in [0.25, 0.3) is 0 Å². The molecule has 0 saturated carbocycles. The van der Waals surface area contributed by atoms with Gasteiger partial charge in [0, 0.05) is 11.8 Å². The van der Waals surface area contributed by atoms with Gasteiger partial charge in [-0.05, 0) is 25.0 Å². The minimum atomic E-state index is -1.31. The first-order chi connectivity index (χ1) is 9.40. The van der Waals surface area contributed by atoms with Crippen molar-refractivity contribution in [3.63, 3.8) is 0 Å². The maximum atomic E-state index is 12.0. The fourth-order valence-electron chi connectivity index (χ4n) is 1.89. The SMILES string of the molecule is Cc1ccc(-n2cc(C(C)C)c(=O)c(C(=O)O)n2)cc1. The summed E-state index contributed by atoms with van der Waals surface area (Å²) in [5.74, 6) is -1.38. The van der Waals surface area contributed by atoms with Gasteiger partial charge in [-0.25, -0.2) is 9.48 Å². The number of aryl methyl sites for hydroxylation is 1. The summed E-state index contributed by atoms with van der Waals surface area (Å²) in [6.07, 6.45) is 1.60. The predicted molar refractivity (Wildman–Crippen MR) is 75.6 cm³/mol. The van der Waals surface area contributed by atoms with Crippen LogP contribution in [0.5, 0.6) is 0 Å². The van der Waals surface area contributed by atoms with E-state index in [1.54, 1.807) is 6.20 Å². The molecule has 104 valence electrons. The van der Waals surface area contributed by atoms with Crippen LogP contribution in [0.25, 0.3) is 5.69 Å². The van der Waals surface area contributed by atoms with Gasteiger partial charge in [0.15, 0.2) is 0 Å². The van der Waals surface area contributed by atoms with Crippen molar-refractivity contribution in [1.82, 2.24) is 9.78 Å². The third-order valence-electron chi connectivity index (χ3n) is 3.07. The Morgan fingerprint density at radius 1 is 1.25 bits per heavy atom. The molecule has 0 aliphatic rings. The molecule has 0 radical (unpaired) electrons. The average molecular weight is 272 g/mol. The van der Waals surface area contributed by atoms with Crippen LogP contribution in [0.1, 0.15) is 41.4 Å². The molecular formula is C15H16N2O3. The number of carbonyl (C=O) groups is 1. The lowest BCUT2D eigenvalue weighted by Gasteiger charge is -2.11. The van der Waals surface area contributed by atoms with Crippen molar-refractivity contribution in [1.29, 1.82) is 0 Å². The lowest BCUT2D eigenvalue weighted by Crippen LogP contribution is -2.25. The van der Waals surface area contributed by atoms with Crippen LogP contribution in [0.4, 0.5) is 0 Å². The topological polar surface area (TPSA) is 72.2 Å². The van der Waals surface area contributed by atoms with Crippen LogP contribution >= 0.6 is 0 Å². The van der Waals surface area contributed by atoms with E-state index in [0.29, 0.717) is 5.56 Å². The zero-order valence-electron chi connectivity index (χ0n) is 11.6. The standard InChI is InChI=1S/C15H16N2O3/c1-9(2)12-8-17(11-6-4-10(3)5-7-11)16-13(14(12)18)15(19)20/h4-9H,1-3H3,(H,19,20). The van der Waals surface area contributed by atoms with Gasteiger partial charge < -0.3 is 5.11 Å². The van der Waals surface area contributed by atoms with Gasteiger partial charge in [0.05, 0.1) is 5.69 Å². The van der Waals surface area contributed by atoms with Crippen LogP contribution in [0.2, 0.25) is 0 Å². The van der Waals surface area contributed by atoms with E-state index in [2.05, 4.69) is 5.10 Å². The van der Waals surface area contributed by atoms with Crippen LogP contribution in [0.3, 0.4) is 0 Å². The number of hydrogen-bond acceptors (Lipinski definition) is 3. The minimum absolute atomic E-state index is 0.0692. The summed E-state index contributed by atoms with van der Waals surface area (Å²) in [4.78, 5) is 23.2. The molecule has 0 aliphatic heterocycles. The summed E-state index contributed by atoms with van der Waals surface area (Å²) >= 11 is 0. The third kappa shape index (κ3) is 2.61. The molecule has 0 atom stereocenters. The second-order valence-electron chi connectivity index (χ2n) is 5.00. The molecule has 20 heavy (non-hydrogen) atoms. The molecule has 0 amide bonds. The van der Waals surface area contributed by atoms with E-state index in [-0.39, 0.29) is 5.92 Å². The molecule has 0 spiro atoms. The first kappa shape index (κ1) is 14.0. The second-order valence-corrected chi connectivity index (χ2v) is 5.00. The third-order valence-corrected chi connectivity index (χ3v) is 3.07. The van der Waals surface area contributed by atoms with Crippen molar-refractivity contribution < 1.29 is 9.90 Å². The first-order valence-electron chi connectivity index (χ1n) is 6.34. The number of hydrogen-bond donors (Lipinski definition) is 1. The summed E-state index contributed by atoms with van der Waals surface area (Å²) in [6, 6.07) is 7.49. The van der Waals surface area contributed by atoms with Gasteiger partial charge in [-0.1, -0.05) is 31.5 Å². The Kier molecular flexibility index (Phi) is 3.70. The monoisotopic (exact) mass is 272 g/mol. The first-order valence-corrected chi connectivity index (χ1v) is 6.34. The fourth-order valence-corrected chi connectivity index (χ4v) is 1.89. The number of benzene rings is 1. The Balaban J connectivity index is 2.68. The second kappa shape index (κ2) is 5.28. The Morgan fingerprint density at radius 3 is 2.35 bits per heavy atom. The largest absolute Gasteiger partial charge is 0.476 e. The van der Waals surface area contributed by atoms with E-state index in [1.807, 2.05) is 45.0 Å². The van der Waals surface area contributed by atoms with E-state index in [1.165, 1.54) is 4.68 Å².